The third-order valence-corrected chi connectivity index (χ3v) is 7.28. The maximum atomic E-state index is 12.5. The molecule has 3 amide bonds. The van der Waals surface area contributed by atoms with Crippen LogP contribution in [0.1, 0.15) is 31.9 Å². The van der Waals surface area contributed by atoms with Crippen LogP contribution in [0.2, 0.25) is 0 Å². The van der Waals surface area contributed by atoms with Gasteiger partial charge in [0.25, 0.3) is 0 Å². The van der Waals surface area contributed by atoms with Crippen LogP contribution in [-0.4, -0.2) is 85.0 Å². The Kier molecular flexibility index (Phi) is 11.9. The van der Waals surface area contributed by atoms with Crippen LogP contribution in [0.5, 0.6) is 23.0 Å². The monoisotopic (exact) mass is 603 g/mol. The van der Waals surface area contributed by atoms with E-state index in [0.29, 0.717) is 88.7 Å². The first-order valence-corrected chi connectivity index (χ1v) is 14.8. The molecule has 4 aliphatic heterocycles. The maximum Gasteiger partial charge on any atom is 0.219 e. The standard InChI is InChI=1S/C34H41N3O7/c1-26(38)35-16-18-36(27(2)39)24-29-8-12-31(13-9-29)41-20-22-43-33-6-4-5-7-34(33)44-23-21-42-32-14-10-30(11-15-32)25-37(19-17-35)28(3)40/h4-15H,16-25H2,1-3H3. The van der Waals surface area contributed by atoms with Crippen molar-refractivity contribution < 1.29 is 33.3 Å². The molecule has 0 saturated heterocycles. The average molecular weight is 604 g/mol. The molecule has 3 aromatic rings. The fraction of sp³-hybridized carbons (Fsp3) is 0.382. The molecule has 3 aromatic carbocycles. The molecule has 0 N–H and O–H groups in total. The van der Waals surface area contributed by atoms with Crippen molar-refractivity contribution >= 4 is 17.7 Å². The van der Waals surface area contributed by atoms with E-state index in [2.05, 4.69) is 0 Å². The first-order valence-electron chi connectivity index (χ1n) is 14.8. The smallest absolute Gasteiger partial charge is 0.219 e. The lowest BCUT2D eigenvalue weighted by Gasteiger charge is -2.29. The van der Waals surface area contributed by atoms with Gasteiger partial charge in [0.2, 0.25) is 17.7 Å². The van der Waals surface area contributed by atoms with Crippen molar-refractivity contribution in [2.45, 2.75) is 33.9 Å². The van der Waals surface area contributed by atoms with Gasteiger partial charge in [-0.1, -0.05) is 36.4 Å². The molecule has 10 nitrogen and oxygen atoms in total. The number of hydrogen-bond donors (Lipinski definition) is 0. The van der Waals surface area contributed by atoms with Gasteiger partial charge in [-0.25, -0.2) is 0 Å². The van der Waals surface area contributed by atoms with Gasteiger partial charge >= 0.3 is 0 Å². The Bertz CT molecular complexity index is 1280. The van der Waals surface area contributed by atoms with Crippen molar-refractivity contribution in [1.82, 2.24) is 14.7 Å². The lowest BCUT2D eigenvalue weighted by molar-refractivity contribution is -0.134. The second-order valence-electron chi connectivity index (χ2n) is 10.5. The van der Waals surface area contributed by atoms with Crippen molar-refractivity contribution in [3.63, 3.8) is 0 Å². The third kappa shape index (κ3) is 9.93. The Morgan fingerprint density at radius 1 is 0.477 bits per heavy atom. The fourth-order valence-corrected chi connectivity index (χ4v) is 4.74. The van der Waals surface area contributed by atoms with Crippen molar-refractivity contribution in [3.05, 3.63) is 83.9 Å². The van der Waals surface area contributed by atoms with E-state index in [1.807, 2.05) is 72.8 Å². The van der Waals surface area contributed by atoms with E-state index in [-0.39, 0.29) is 17.7 Å². The Balaban J connectivity index is 1.49. The average Bonchev–Trinajstić information content (AvgIpc) is 3.01. The molecule has 0 aromatic heterocycles. The van der Waals surface area contributed by atoms with Crippen LogP contribution in [0.3, 0.4) is 0 Å². The maximum absolute atomic E-state index is 12.5. The fourth-order valence-electron chi connectivity index (χ4n) is 4.74. The van der Waals surface area contributed by atoms with Crippen LogP contribution in [0.15, 0.2) is 72.8 Å². The largest absolute Gasteiger partial charge is 0.490 e. The van der Waals surface area contributed by atoms with Gasteiger partial charge in [-0.15, -0.1) is 0 Å². The predicted octanol–water partition coefficient (Wildman–Crippen LogP) is 4.16. The number of amides is 3. The number of carbonyl (C=O) groups is 3. The molecule has 4 aliphatic rings. The predicted molar refractivity (Wildman–Crippen MR) is 166 cm³/mol. The minimum absolute atomic E-state index is 0.0861. The molecule has 7 rings (SSSR count). The zero-order valence-corrected chi connectivity index (χ0v) is 25.7. The quantitative estimate of drug-likeness (QED) is 0.381. The molecule has 4 heterocycles. The number of rotatable bonds is 0. The highest BCUT2D eigenvalue weighted by molar-refractivity contribution is 5.75. The van der Waals surface area contributed by atoms with Gasteiger partial charge in [-0.2, -0.15) is 0 Å². The minimum Gasteiger partial charge on any atom is -0.490 e. The number of carbonyl (C=O) groups excluding carboxylic acids is 3. The molecular formula is C34H41N3O7. The van der Waals surface area contributed by atoms with Gasteiger partial charge in [-0.05, 0) is 47.5 Å². The molecule has 234 valence electrons. The number of ether oxygens (including phenoxy) is 4. The van der Waals surface area contributed by atoms with E-state index < -0.39 is 0 Å². The van der Waals surface area contributed by atoms with E-state index in [0.717, 1.165) is 11.1 Å². The molecule has 0 spiro atoms. The Morgan fingerprint density at radius 3 is 1.18 bits per heavy atom. The minimum atomic E-state index is -0.111. The summed E-state index contributed by atoms with van der Waals surface area (Å²) in [5, 5.41) is 0. The molecule has 0 radical (unpaired) electrons. The SMILES string of the molecule is CC(=O)N1CCN(C(C)=O)Cc2ccc(cc2)OCCOc2ccccc2OCCOc2ccc(cc2)CN(C(C)=O)CC1. The summed E-state index contributed by atoms with van der Waals surface area (Å²) in [5.41, 5.74) is 1.89. The molecule has 44 heavy (non-hydrogen) atoms. The first-order chi connectivity index (χ1) is 21.3. The van der Waals surface area contributed by atoms with Crippen LogP contribution < -0.4 is 18.9 Å². The van der Waals surface area contributed by atoms with Crippen molar-refractivity contribution in [3.8, 4) is 23.0 Å². The summed E-state index contributed by atoms with van der Waals surface area (Å²) in [5.74, 6) is 2.34. The van der Waals surface area contributed by atoms with Crippen molar-refractivity contribution in [2.24, 2.45) is 0 Å². The van der Waals surface area contributed by atoms with Gasteiger partial charge in [-0.3, -0.25) is 14.4 Å². The van der Waals surface area contributed by atoms with Gasteiger partial charge in [0.15, 0.2) is 11.5 Å². The van der Waals surface area contributed by atoms with E-state index in [9.17, 15) is 14.4 Å². The second kappa shape index (κ2) is 16.2. The highest BCUT2D eigenvalue weighted by Gasteiger charge is 2.17. The molecule has 0 unspecified atom stereocenters. The second-order valence-corrected chi connectivity index (χ2v) is 10.5. The van der Waals surface area contributed by atoms with Gasteiger partial charge < -0.3 is 33.6 Å². The molecule has 0 fully saturated rings. The normalized spacial score (nSPS) is 15.6. The van der Waals surface area contributed by atoms with E-state index in [1.54, 1.807) is 14.7 Å². The summed E-state index contributed by atoms with van der Waals surface area (Å²) < 4.78 is 23.5. The van der Waals surface area contributed by atoms with Gasteiger partial charge in [0.05, 0.1) is 0 Å². The number of hydrogen-bond acceptors (Lipinski definition) is 7. The Hall–Kier alpha value is -4.73. The van der Waals surface area contributed by atoms with E-state index in [1.165, 1.54) is 20.8 Å². The van der Waals surface area contributed by atoms with Crippen LogP contribution in [0.25, 0.3) is 0 Å². The zero-order valence-electron chi connectivity index (χ0n) is 25.7. The molecule has 0 saturated carbocycles. The number of para-hydroxylation sites is 2. The highest BCUT2D eigenvalue weighted by atomic mass is 16.6. The number of nitrogens with zero attached hydrogens (tertiary/aromatic N) is 3. The van der Waals surface area contributed by atoms with Crippen LogP contribution in [0.4, 0.5) is 0 Å². The summed E-state index contributed by atoms with van der Waals surface area (Å²) in [4.78, 5) is 42.5. The summed E-state index contributed by atoms with van der Waals surface area (Å²) >= 11 is 0. The topological polar surface area (TPSA) is 97.9 Å². The summed E-state index contributed by atoms with van der Waals surface area (Å²) in [6, 6.07) is 22.6. The van der Waals surface area contributed by atoms with E-state index >= 15 is 0 Å². The van der Waals surface area contributed by atoms with Gasteiger partial charge in [0, 0.05) is 60.0 Å². The number of benzene rings is 3. The van der Waals surface area contributed by atoms with Crippen LogP contribution >= 0.6 is 0 Å². The summed E-state index contributed by atoms with van der Waals surface area (Å²) in [6.45, 7) is 8.16. The molecule has 4 bridgehead atoms. The summed E-state index contributed by atoms with van der Waals surface area (Å²) in [6.07, 6.45) is 0. The molecule has 0 aliphatic carbocycles. The molecular weight excluding hydrogens is 562 g/mol. The van der Waals surface area contributed by atoms with E-state index in [4.69, 9.17) is 18.9 Å². The summed E-state index contributed by atoms with van der Waals surface area (Å²) in [7, 11) is 0. The Morgan fingerprint density at radius 2 is 0.818 bits per heavy atom. The van der Waals surface area contributed by atoms with Crippen LogP contribution in [0, 0.1) is 0 Å². The zero-order chi connectivity index (χ0) is 31.3. The van der Waals surface area contributed by atoms with Crippen LogP contribution in [-0.2, 0) is 27.5 Å². The third-order valence-electron chi connectivity index (χ3n) is 7.28. The molecule has 0 atom stereocenters. The Labute approximate surface area is 259 Å². The molecule has 10 heteroatoms. The highest BCUT2D eigenvalue weighted by Crippen LogP contribution is 2.26. The lowest BCUT2D eigenvalue weighted by atomic mass is 10.2. The lowest BCUT2D eigenvalue weighted by Crippen LogP contribution is -2.43. The van der Waals surface area contributed by atoms with Crippen molar-refractivity contribution in [1.29, 1.82) is 0 Å². The van der Waals surface area contributed by atoms with Gasteiger partial charge in [0.1, 0.15) is 37.9 Å². The first kappa shape index (κ1) is 32.2. The van der Waals surface area contributed by atoms with Crippen molar-refractivity contribution in [2.75, 3.05) is 52.6 Å².